The minimum Gasteiger partial charge on any atom is -0.389 e. The van der Waals surface area contributed by atoms with E-state index in [1.807, 2.05) is 36.1 Å². The van der Waals surface area contributed by atoms with Crippen LogP contribution in [-0.4, -0.2) is 32.7 Å². The van der Waals surface area contributed by atoms with Gasteiger partial charge in [-0.15, -0.1) is 11.3 Å². The number of hydrogen-bond acceptors (Lipinski definition) is 4. The van der Waals surface area contributed by atoms with Crippen molar-refractivity contribution in [2.24, 2.45) is 0 Å². The molecule has 1 saturated carbocycles. The minimum absolute atomic E-state index is 0.0118. The number of aliphatic hydroxyl groups is 1. The van der Waals surface area contributed by atoms with Crippen LogP contribution in [0.1, 0.15) is 39.9 Å². The van der Waals surface area contributed by atoms with E-state index in [2.05, 4.69) is 10.3 Å². The van der Waals surface area contributed by atoms with E-state index in [1.54, 1.807) is 6.20 Å². The number of nitrogens with one attached hydrogen (secondary N) is 1. The molecule has 1 amide bonds. The van der Waals surface area contributed by atoms with Gasteiger partial charge in [-0.1, -0.05) is 0 Å². The van der Waals surface area contributed by atoms with Crippen LogP contribution in [-0.2, 0) is 0 Å². The molecular formula is C15H19N3O2S. The summed E-state index contributed by atoms with van der Waals surface area (Å²) in [6, 6.07) is 1.72. The summed E-state index contributed by atoms with van der Waals surface area (Å²) in [6.45, 7) is 3.85. The van der Waals surface area contributed by atoms with Crippen molar-refractivity contribution in [3.63, 3.8) is 0 Å². The molecule has 0 radical (unpaired) electrons. The summed E-state index contributed by atoms with van der Waals surface area (Å²) in [4.78, 5) is 17.2. The van der Waals surface area contributed by atoms with Crippen LogP contribution in [0.4, 0.5) is 0 Å². The van der Waals surface area contributed by atoms with Crippen molar-refractivity contribution in [1.82, 2.24) is 14.9 Å². The lowest BCUT2D eigenvalue weighted by molar-refractivity contribution is 0.0815. The van der Waals surface area contributed by atoms with Crippen LogP contribution in [0.5, 0.6) is 0 Å². The largest absolute Gasteiger partial charge is 0.389 e. The van der Waals surface area contributed by atoms with Gasteiger partial charge in [0.25, 0.3) is 5.91 Å². The third kappa shape index (κ3) is 2.61. The van der Waals surface area contributed by atoms with Crippen molar-refractivity contribution >= 4 is 17.2 Å². The molecule has 0 saturated heterocycles. The third-order valence-corrected chi connectivity index (χ3v) is 5.20. The standard InChI is InChI=1S/C15H19N3O2S/c1-9-5-8-21-14(9)15(20)17-11-3-4-12(13(11)19)18-7-6-16-10(18)2/h5-8,11-13,19H,3-4H2,1-2H3,(H,17,20)/t11-,12-,13-/m1/s1. The van der Waals surface area contributed by atoms with E-state index in [4.69, 9.17) is 0 Å². The number of aliphatic hydroxyl groups excluding tert-OH is 1. The lowest BCUT2D eigenvalue weighted by atomic mass is 10.1. The van der Waals surface area contributed by atoms with Gasteiger partial charge in [0, 0.05) is 12.4 Å². The summed E-state index contributed by atoms with van der Waals surface area (Å²) < 4.78 is 1.99. The summed E-state index contributed by atoms with van der Waals surface area (Å²) >= 11 is 1.43. The van der Waals surface area contributed by atoms with Gasteiger partial charge in [0.1, 0.15) is 5.82 Å². The van der Waals surface area contributed by atoms with Gasteiger partial charge in [0.15, 0.2) is 0 Å². The van der Waals surface area contributed by atoms with Gasteiger partial charge in [0.05, 0.1) is 23.1 Å². The van der Waals surface area contributed by atoms with Crippen LogP contribution < -0.4 is 5.32 Å². The Labute approximate surface area is 127 Å². The maximum absolute atomic E-state index is 12.3. The van der Waals surface area contributed by atoms with Crippen LogP contribution in [0.25, 0.3) is 0 Å². The Hall–Kier alpha value is -1.66. The predicted octanol–water partition coefficient (Wildman–Crippen LogP) is 2.06. The van der Waals surface area contributed by atoms with Crippen molar-refractivity contribution in [1.29, 1.82) is 0 Å². The number of aromatic nitrogens is 2. The highest BCUT2D eigenvalue weighted by Gasteiger charge is 2.37. The molecule has 1 aliphatic rings. The second kappa shape index (κ2) is 5.61. The van der Waals surface area contributed by atoms with E-state index >= 15 is 0 Å². The second-order valence-electron chi connectivity index (χ2n) is 5.53. The summed E-state index contributed by atoms with van der Waals surface area (Å²) in [7, 11) is 0. The molecule has 1 fully saturated rings. The Morgan fingerprint density at radius 1 is 1.48 bits per heavy atom. The molecule has 112 valence electrons. The number of thiophene rings is 1. The SMILES string of the molecule is Cc1ccsc1C(=O)N[C@@H]1CC[C@@H](n2ccnc2C)[C@@H]1O. The van der Waals surface area contributed by atoms with Gasteiger partial charge >= 0.3 is 0 Å². The van der Waals surface area contributed by atoms with E-state index in [9.17, 15) is 9.90 Å². The number of carbonyl (C=O) groups is 1. The van der Waals surface area contributed by atoms with Crippen molar-refractivity contribution in [3.8, 4) is 0 Å². The zero-order chi connectivity index (χ0) is 15.0. The van der Waals surface area contributed by atoms with E-state index in [0.717, 1.165) is 29.1 Å². The molecule has 5 nitrogen and oxygen atoms in total. The number of nitrogens with zero attached hydrogens (tertiary/aromatic N) is 2. The number of hydrogen-bond donors (Lipinski definition) is 2. The molecule has 6 heteroatoms. The molecule has 0 spiro atoms. The molecule has 21 heavy (non-hydrogen) atoms. The molecular weight excluding hydrogens is 286 g/mol. The number of imidazole rings is 1. The summed E-state index contributed by atoms with van der Waals surface area (Å²) in [5, 5.41) is 15.4. The molecule has 3 rings (SSSR count). The Bertz CT molecular complexity index is 649. The van der Waals surface area contributed by atoms with Gasteiger partial charge in [-0.2, -0.15) is 0 Å². The van der Waals surface area contributed by atoms with Crippen molar-refractivity contribution < 1.29 is 9.90 Å². The molecule has 3 atom stereocenters. The first kappa shape index (κ1) is 14.3. The number of carbonyl (C=O) groups excluding carboxylic acids is 1. The maximum Gasteiger partial charge on any atom is 0.261 e. The van der Waals surface area contributed by atoms with E-state index in [0.29, 0.717) is 0 Å². The highest BCUT2D eigenvalue weighted by atomic mass is 32.1. The first-order valence-electron chi connectivity index (χ1n) is 7.10. The van der Waals surface area contributed by atoms with Crippen molar-refractivity contribution in [2.45, 2.75) is 44.9 Å². The van der Waals surface area contributed by atoms with Gasteiger partial charge in [-0.25, -0.2) is 4.98 Å². The third-order valence-electron chi connectivity index (χ3n) is 4.18. The molecule has 2 heterocycles. The minimum atomic E-state index is -0.581. The van der Waals surface area contributed by atoms with Crippen LogP contribution in [0, 0.1) is 13.8 Å². The Balaban J connectivity index is 1.70. The first-order chi connectivity index (χ1) is 10.1. The van der Waals surface area contributed by atoms with Gasteiger partial charge < -0.3 is 15.0 Å². The van der Waals surface area contributed by atoms with E-state index in [1.165, 1.54) is 11.3 Å². The van der Waals surface area contributed by atoms with Crippen LogP contribution >= 0.6 is 11.3 Å². The first-order valence-corrected chi connectivity index (χ1v) is 7.98. The molecule has 0 aliphatic heterocycles. The molecule has 0 aromatic carbocycles. The maximum atomic E-state index is 12.3. The molecule has 1 aliphatic carbocycles. The average molecular weight is 305 g/mol. The Morgan fingerprint density at radius 2 is 2.29 bits per heavy atom. The molecule has 2 aromatic rings. The van der Waals surface area contributed by atoms with E-state index < -0.39 is 6.10 Å². The summed E-state index contributed by atoms with van der Waals surface area (Å²) in [6.07, 6.45) is 4.66. The Kier molecular flexibility index (Phi) is 3.82. The molecule has 0 unspecified atom stereocenters. The van der Waals surface area contributed by atoms with Crippen molar-refractivity contribution in [3.05, 3.63) is 40.1 Å². The van der Waals surface area contributed by atoms with Gasteiger partial charge in [-0.05, 0) is 43.7 Å². The molecule has 2 aromatic heterocycles. The van der Waals surface area contributed by atoms with Crippen LogP contribution in [0.3, 0.4) is 0 Å². The van der Waals surface area contributed by atoms with Crippen LogP contribution in [0.2, 0.25) is 0 Å². The van der Waals surface area contributed by atoms with E-state index in [-0.39, 0.29) is 18.0 Å². The normalized spacial score (nSPS) is 25.2. The number of amides is 1. The lowest BCUT2D eigenvalue weighted by Gasteiger charge is -2.22. The fourth-order valence-corrected chi connectivity index (χ4v) is 3.83. The predicted molar refractivity (Wildman–Crippen MR) is 81.6 cm³/mol. The summed E-state index contributed by atoms with van der Waals surface area (Å²) in [5.74, 6) is 0.801. The van der Waals surface area contributed by atoms with Gasteiger partial charge in [0.2, 0.25) is 0 Å². The smallest absolute Gasteiger partial charge is 0.261 e. The zero-order valence-corrected chi connectivity index (χ0v) is 12.9. The fourth-order valence-electron chi connectivity index (χ4n) is 3.00. The highest BCUT2D eigenvalue weighted by Crippen LogP contribution is 2.31. The fraction of sp³-hybridized carbons (Fsp3) is 0.467. The van der Waals surface area contributed by atoms with Gasteiger partial charge in [-0.3, -0.25) is 4.79 Å². The topological polar surface area (TPSA) is 67.2 Å². The van der Waals surface area contributed by atoms with Crippen molar-refractivity contribution in [2.75, 3.05) is 0 Å². The lowest BCUT2D eigenvalue weighted by Crippen LogP contribution is -2.42. The second-order valence-corrected chi connectivity index (χ2v) is 6.45. The Morgan fingerprint density at radius 3 is 2.90 bits per heavy atom. The molecule has 0 bridgehead atoms. The zero-order valence-electron chi connectivity index (χ0n) is 12.1. The highest BCUT2D eigenvalue weighted by molar-refractivity contribution is 7.12. The number of aryl methyl sites for hydroxylation is 2. The molecule has 2 N–H and O–H groups in total. The van der Waals surface area contributed by atoms with Crippen LogP contribution in [0.15, 0.2) is 23.8 Å². The summed E-state index contributed by atoms with van der Waals surface area (Å²) in [5.41, 5.74) is 0.979. The average Bonchev–Trinajstić information content (AvgIpc) is 3.13. The number of rotatable bonds is 3. The monoisotopic (exact) mass is 305 g/mol. The quantitative estimate of drug-likeness (QED) is 0.912.